The number of hydrogen-bond acceptors (Lipinski definition) is 4. The highest BCUT2D eigenvalue weighted by Crippen LogP contribution is 2.25. The molecule has 1 aromatic rings. The van der Waals surface area contributed by atoms with E-state index in [9.17, 15) is 8.42 Å². The van der Waals surface area contributed by atoms with Crippen LogP contribution in [0.4, 0.5) is 0 Å². The molecule has 0 bridgehead atoms. The van der Waals surface area contributed by atoms with Crippen molar-refractivity contribution in [3.63, 3.8) is 0 Å². The molecule has 0 aromatic heterocycles. The van der Waals surface area contributed by atoms with Gasteiger partial charge in [-0.05, 0) is 47.3 Å². The molecule has 0 aliphatic carbocycles. The number of benzene rings is 1. The maximum absolute atomic E-state index is 12.2. The van der Waals surface area contributed by atoms with Crippen LogP contribution in [0.1, 0.15) is 6.92 Å². The SMILES string of the molecule is CSC(CO)C(C)NS(=O)(=O)c1ccc(Cl)c(Br)c1. The Morgan fingerprint density at radius 3 is 2.63 bits per heavy atom. The summed E-state index contributed by atoms with van der Waals surface area (Å²) in [7, 11) is -3.63. The van der Waals surface area contributed by atoms with Gasteiger partial charge in [0.2, 0.25) is 10.0 Å². The van der Waals surface area contributed by atoms with Crippen molar-refractivity contribution >= 4 is 49.3 Å². The van der Waals surface area contributed by atoms with E-state index in [-0.39, 0.29) is 22.8 Å². The van der Waals surface area contributed by atoms with Crippen LogP contribution >= 0.6 is 39.3 Å². The number of sulfonamides is 1. The summed E-state index contributed by atoms with van der Waals surface area (Å²) in [6, 6.07) is 4.03. The van der Waals surface area contributed by atoms with Crippen molar-refractivity contribution in [1.29, 1.82) is 0 Å². The second-order valence-corrected chi connectivity index (χ2v) is 8.00. The van der Waals surface area contributed by atoms with Crippen molar-refractivity contribution in [3.05, 3.63) is 27.7 Å². The minimum atomic E-state index is -3.63. The van der Waals surface area contributed by atoms with Crippen molar-refractivity contribution in [2.24, 2.45) is 0 Å². The van der Waals surface area contributed by atoms with Gasteiger partial charge in [-0.3, -0.25) is 0 Å². The topological polar surface area (TPSA) is 66.4 Å². The number of rotatable bonds is 6. The van der Waals surface area contributed by atoms with E-state index >= 15 is 0 Å². The monoisotopic (exact) mass is 387 g/mol. The summed E-state index contributed by atoms with van der Waals surface area (Å²) in [5.74, 6) is 0. The molecule has 0 saturated carbocycles. The molecule has 1 aromatic carbocycles. The van der Waals surface area contributed by atoms with E-state index < -0.39 is 10.0 Å². The molecule has 1 rings (SSSR count). The Labute approximate surface area is 131 Å². The molecule has 8 heteroatoms. The van der Waals surface area contributed by atoms with Crippen molar-refractivity contribution in [3.8, 4) is 0 Å². The van der Waals surface area contributed by atoms with Gasteiger partial charge in [0.15, 0.2) is 0 Å². The smallest absolute Gasteiger partial charge is 0.240 e. The summed E-state index contributed by atoms with van der Waals surface area (Å²) >= 11 is 10.4. The zero-order valence-corrected chi connectivity index (χ0v) is 14.4. The Bertz CT molecular complexity index is 535. The second-order valence-electron chi connectivity index (χ2n) is 3.94. The van der Waals surface area contributed by atoms with Gasteiger partial charge in [0.25, 0.3) is 0 Å². The maximum Gasteiger partial charge on any atom is 0.240 e. The summed E-state index contributed by atoms with van der Waals surface area (Å²) in [6.45, 7) is 1.63. The van der Waals surface area contributed by atoms with E-state index in [4.69, 9.17) is 16.7 Å². The number of nitrogens with one attached hydrogen (secondary N) is 1. The zero-order valence-electron chi connectivity index (χ0n) is 10.4. The molecule has 0 aliphatic rings. The van der Waals surface area contributed by atoms with Crippen molar-refractivity contribution in [1.82, 2.24) is 4.72 Å². The van der Waals surface area contributed by atoms with Gasteiger partial charge in [-0.1, -0.05) is 11.6 Å². The average Bonchev–Trinajstić information content (AvgIpc) is 2.33. The van der Waals surface area contributed by atoms with Gasteiger partial charge in [0.05, 0.1) is 16.5 Å². The molecule has 4 nitrogen and oxygen atoms in total. The lowest BCUT2D eigenvalue weighted by atomic mass is 10.3. The number of aliphatic hydroxyl groups is 1. The molecule has 0 heterocycles. The highest BCUT2D eigenvalue weighted by molar-refractivity contribution is 9.10. The van der Waals surface area contributed by atoms with E-state index in [0.29, 0.717) is 9.50 Å². The molecule has 2 N–H and O–H groups in total. The first-order valence-electron chi connectivity index (χ1n) is 5.43. The minimum Gasteiger partial charge on any atom is -0.395 e. The lowest BCUT2D eigenvalue weighted by Crippen LogP contribution is -2.41. The van der Waals surface area contributed by atoms with E-state index in [1.165, 1.54) is 30.0 Å². The molecule has 0 aliphatic heterocycles. The molecule has 2 atom stereocenters. The molecule has 0 radical (unpaired) electrons. The van der Waals surface area contributed by atoms with E-state index in [2.05, 4.69) is 20.7 Å². The third kappa shape index (κ3) is 4.61. The van der Waals surface area contributed by atoms with Crippen LogP contribution in [0.15, 0.2) is 27.6 Å². The first-order chi connectivity index (χ1) is 8.81. The Balaban J connectivity index is 2.95. The summed E-state index contributed by atoms with van der Waals surface area (Å²) in [6.07, 6.45) is 1.82. The highest BCUT2D eigenvalue weighted by atomic mass is 79.9. The van der Waals surface area contributed by atoms with Crippen LogP contribution in [0.5, 0.6) is 0 Å². The molecule has 0 amide bonds. The fourth-order valence-electron chi connectivity index (χ4n) is 1.47. The molecular formula is C11H15BrClNO3S2. The molecular weight excluding hydrogens is 374 g/mol. The molecule has 0 spiro atoms. The third-order valence-electron chi connectivity index (χ3n) is 2.58. The number of aliphatic hydroxyl groups excluding tert-OH is 1. The molecule has 2 unspecified atom stereocenters. The van der Waals surface area contributed by atoms with Crippen molar-refractivity contribution < 1.29 is 13.5 Å². The molecule has 0 fully saturated rings. The first kappa shape index (κ1) is 17.3. The largest absolute Gasteiger partial charge is 0.395 e. The molecule has 19 heavy (non-hydrogen) atoms. The van der Waals surface area contributed by atoms with Crippen LogP contribution in [0.3, 0.4) is 0 Å². The van der Waals surface area contributed by atoms with Crippen LogP contribution in [0, 0.1) is 0 Å². The van der Waals surface area contributed by atoms with Gasteiger partial charge >= 0.3 is 0 Å². The van der Waals surface area contributed by atoms with Crippen molar-refractivity contribution in [2.75, 3.05) is 12.9 Å². The molecule has 108 valence electrons. The van der Waals surface area contributed by atoms with Gasteiger partial charge in [-0.15, -0.1) is 0 Å². The Kier molecular flexibility index (Phi) is 6.62. The van der Waals surface area contributed by atoms with Gasteiger partial charge < -0.3 is 5.11 Å². The fourth-order valence-corrected chi connectivity index (χ4v) is 4.14. The van der Waals surface area contributed by atoms with E-state index in [1.807, 2.05) is 6.26 Å². The lowest BCUT2D eigenvalue weighted by Gasteiger charge is -2.21. The summed E-state index contributed by atoms with van der Waals surface area (Å²) in [5.41, 5.74) is 0. The summed E-state index contributed by atoms with van der Waals surface area (Å²) < 4.78 is 27.4. The Morgan fingerprint density at radius 2 is 2.16 bits per heavy atom. The van der Waals surface area contributed by atoms with Crippen LogP contribution in [0.25, 0.3) is 0 Å². The predicted molar refractivity (Wildman–Crippen MR) is 83.3 cm³/mol. The fraction of sp³-hybridized carbons (Fsp3) is 0.455. The van der Waals surface area contributed by atoms with Crippen LogP contribution in [-0.2, 0) is 10.0 Å². The first-order valence-corrected chi connectivity index (χ1v) is 9.37. The lowest BCUT2D eigenvalue weighted by molar-refractivity contribution is 0.282. The zero-order chi connectivity index (χ0) is 14.6. The Morgan fingerprint density at radius 1 is 1.53 bits per heavy atom. The van der Waals surface area contributed by atoms with Gasteiger partial charge in [-0.25, -0.2) is 13.1 Å². The highest BCUT2D eigenvalue weighted by Gasteiger charge is 2.23. The standard InChI is InChI=1S/C11H15BrClNO3S2/c1-7(11(6-15)18-2)14-19(16,17)8-3-4-10(13)9(12)5-8/h3-5,7,11,14-15H,6H2,1-2H3. The number of thioether (sulfide) groups is 1. The summed E-state index contributed by atoms with van der Waals surface area (Å²) in [4.78, 5) is 0.133. The van der Waals surface area contributed by atoms with Crippen LogP contribution in [0.2, 0.25) is 5.02 Å². The summed E-state index contributed by atoms with van der Waals surface area (Å²) in [5, 5.41) is 9.42. The van der Waals surface area contributed by atoms with E-state index in [0.717, 1.165) is 0 Å². The number of halogens is 2. The maximum atomic E-state index is 12.2. The quantitative estimate of drug-likeness (QED) is 0.786. The second kappa shape index (κ2) is 7.28. The van der Waals surface area contributed by atoms with Gasteiger partial charge in [-0.2, -0.15) is 11.8 Å². The Hall–Kier alpha value is 0.210. The van der Waals surface area contributed by atoms with Crippen LogP contribution in [-0.4, -0.2) is 37.7 Å². The van der Waals surface area contributed by atoms with Gasteiger partial charge in [0.1, 0.15) is 0 Å². The predicted octanol–water partition coefficient (Wildman–Crippen LogP) is 2.49. The average molecular weight is 389 g/mol. The van der Waals surface area contributed by atoms with E-state index in [1.54, 1.807) is 6.92 Å². The van der Waals surface area contributed by atoms with Gasteiger partial charge in [0, 0.05) is 15.8 Å². The molecule has 0 saturated heterocycles. The third-order valence-corrected chi connectivity index (χ3v) is 6.52. The number of hydrogen-bond donors (Lipinski definition) is 2. The normalized spacial score (nSPS) is 15.2. The minimum absolute atomic E-state index is 0.0881. The van der Waals surface area contributed by atoms with Crippen molar-refractivity contribution in [2.45, 2.75) is 23.1 Å². The van der Waals surface area contributed by atoms with Crippen LogP contribution < -0.4 is 4.72 Å².